The molecule has 1 unspecified atom stereocenters. The summed E-state index contributed by atoms with van der Waals surface area (Å²) < 4.78 is 14.0. The van der Waals surface area contributed by atoms with E-state index in [2.05, 4.69) is 33.1 Å². The topological polar surface area (TPSA) is 83.6 Å². The van der Waals surface area contributed by atoms with Crippen LogP contribution in [0.5, 0.6) is 11.5 Å². The summed E-state index contributed by atoms with van der Waals surface area (Å²) in [6.45, 7) is 1.02. The maximum absolute atomic E-state index is 9.28. The Kier molecular flexibility index (Phi) is 9.70. The number of nitriles is 1. The molecule has 1 aliphatic carbocycles. The second kappa shape index (κ2) is 13.8. The lowest BCUT2D eigenvalue weighted by atomic mass is 9.98. The smallest absolute Gasteiger partial charge is 0.204 e. The van der Waals surface area contributed by atoms with Gasteiger partial charge in [0.15, 0.2) is 17.7 Å². The minimum atomic E-state index is -0.211. The lowest BCUT2D eigenvalue weighted by molar-refractivity contribution is 0.200. The molecule has 1 heterocycles. The van der Waals surface area contributed by atoms with Gasteiger partial charge in [0.05, 0.1) is 25.7 Å². The van der Waals surface area contributed by atoms with Crippen LogP contribution in [0.15, 0.2) is 71.9 Å². The Morgan fingerprint density at radius 2 is 1.92 bits per heavy atom. The van der Waals surface area contributed by atoms with Crippen molar-refractivity contribution in [3.8, 4) is 29.5 Å². The van der Waals surface area contributed by atoms with E-state index >= 15 is 0 Å². The highest BCUT2D eigenvalue weighted by atomic mass is 16.5. The summed E-state index contributed by atoms with van der Waals surface area (Å²) in [6.07, 6.45) is 9.55. The van der Waals surface area contributed by atoms with Crippen LogP contribution in [0.2, 0.25) is 0 Å². The average molecular weight is 510 g/mol. The number of rotatable bonds is 9. The second-order valence-corrected chi connectivity index (χ2v) is 9.34. The van der Waals surface area contributed by atoms with Gasteiger partial charge in [-0.15, -0.1) is 0 Å². The summed E-state index contributed by atoms with van der Waals surface area (Å²) in [5, 5.41) is 15.2. The highest BCUT2D eigenvalue weighted by Gasteiger charge is 2.20. The summed E-state index contributed by atoms with van der Waals surface area (Å²) >= 11 is 0. The number of aromatic nitrogens is 1. The Balaban J connectivity index is 1.56. The quantitative estimate of drug-likeness (QED) is 0.143. The van der Waals surface area contributed by atoms with Crippen molar-refractivity contribution >= 4 is 5.96 Å². The van der Waals surface area contributed by atoms with Gasteiger partial charge in [-0.25, -0.2) is 0 Å². The molecule has 1 atom stereocenters. The molecule has 0 aliphatic heterocycles. The Hall–Kier alpha value is -4.36. The van der Waals surface area contributed by atoms with Crippen molar-refractivity contribution in [3.63, 3.8) is 0 Å². The van der Waals surface area contributed by atoms with Crippen LogP contribution in [0.4, 0.5) is 0 Å². The summed E-state index contributed by atoms with van der Waals surface area (Å²) in [7, 11) is 3.68. The Morgan fingerprint density at radius 1 is 1.11 bits per heavy atom. The molecule has 0 amide bonds. The van der Waals surface area contributed by atoms with Gasteiger partial charge in [0.25, 0.3) is 0 Å². The number of hydrogen-bond acceptors (Lipinski definition) is 4. The maximum Gasteiger partial charge on any atom is 0.204 e. The first kappa shape index (κ1) is 26.7. The van der Waals surface area contributed by atoms with E-state index in [1.54, 1.807) is 7.11 Å². The van der Waals surface area contributed by atoms with Gasteiger partial charge in [0.2, 0.25) is 5.96 Å². The summed E-state index contributed by atoms with van der Waals surface area (Å²) in [4.78, 5) is 4.71. The average Bonchev–Trinajstić information content (AvgIpc) is 3.61. The fourth-order valence-corrected chi connectivity index (χ4v) is 4.55. The molecule has 196 valence electrons. The SMILES string of the molecule is COc1ccc(C(C#Cc2ccccc2)CN=C(NC#N)NCCc2cccn2C)cc1OC1CCCC1. The highest BCUT2D eigenvalue weighted by molar-refractivity contribution is 5.81. The predicted molar refractivity (Wildman–Crippen MR) is 150 cm³/mol. The molecule has 1 fully saturated rings. The number of nitrogens with one attached hydrogen (secondary N) is 2. The zero-order valence-corrected chi connectivity index (χ0v) is 22.1. The van der Waals surface area contributed by atoms with Gasteiger partial charge in [-0.3, -0.25) is 10.3 Å². The molecule has 1 aromatic heterocycles. The molecular weight excluding hydrogens is 474 g/mol. The van der Waals surface area contributed by atoms with Crippen molar-refractivity contribution in [2.24, 2.45) is 12.0 Å². The fourth-order valence-electron chi connectivity index (χ4n) is 4.55. The molecule has 0 spiro atoms. The van der Waals surface area contributed by atoms with Crippen LogP contribution in [0.3, 0.4) is 0 Å². The normalized spacial score (nSPS) is 14.2. The lowest BCUT2D eigenvalue weighted by Crippen LogP contribution is -2.36. The van der Waals surface area contributed by atoms with Crippen LogP contribution in [0, 0.1) is 23.3 Å². The zero-order chi connectivity index (χ0) is 26.6. The molecular formula is C31H35N5O2. The first-order valence-electron chi connectivity index (χ1n) is 13.1. The summed E-state index contributed by atoms with van der Waals surface area (Å²) in [6, 6.07) is 20.0. The van der Waals surface area contributed by atoms with E-state index in [-0.39, 0.29) is 12.0 Å². The number of hydrogen-bond donors (Lipinski definition) is 2. The molecule has 4 rings (SSSR count). The van der Waals surface area contributed by atoms with E-state index in [9.17, 15) is 5.26 Å². The number of nitrogens with zero attached hydrogens (tertiary/aromatic N) is 3. The second-order valence-electron chi connectivity index (χ2n) is 9.34. The monoisotopic (exact) mass is 509 g/mol. The van der Waals surface area contributed by atoms with Crippen LogP contribution in [-0.4, -0.2) is 36.8 Å². The summed E-state index contributed by atoms with van der Waals surface area (Å²) in [5.74, 6) is 8.37. The largest absolute Gasteiger partial charge is 0.493 e. The van der Waals surface area contributed by atoms with Crippen LogP contribution in [0.1, 0.15) is 48.4 Å². The third-order valence-corrected chi connectivity index (χ3v) is 6.68. The number of aryl methyl sites for hydroxylation is 1. The van der Waals surface area contributed by atoms with E-state index in [0.29, 0.717) is 24.8 Å². The van der Waals surface area contributed by atoms with Gasteiger partial charge in [-0.05, 0) is 67.6 Å². The van der Waals surface area contributed by atoms with Gasteiger partial charge in [-0.2, -0.15) is 5.26 Å². The first-order valence-corrected chi connectivity index (χ1v) is 13.1. The van der Waals surface area contributed by atoms with Crippen molar-refractivity contribution in [2.75, 3.05) is 20.2 Å². The van der Waals surface area contributed by atoms with Crippen molar-refractivity contribution in [2.45, 2.75) is 44.1 Å². The van der Waals surface area contributed by atoms with Gasteiger partial charge in [0.1, 0.15) is 0 Å². The van der Waals surface area contributed by atoms with Crippen molar-refractivity contribution < 1.29 is 9.47 Å². The lowest BCUT2D eigenvalue weighted by Gasteiger charge is -2.18. The van der Waals surface area contributed by atoms with Crippen molar-refractivity contribution in [3.05, 3.63) is 83.7 Å². The maximum atomic E-state index is 9.28. The molecule has 0 bridgehead atoms. The van der Waals surface area contributed by atoms with Crippen molar-refractivity contribution in [1.82, 2.24) is 15.2 Å². The van der Waals surface area contributed by atoms with E-state index in [0.717, 1.165) is 36.1 Å². The number of methoxy groups -OCH3 is 1. The predicted octanol–water partition coefficient (Wildman–Crippen LogP) is 4.75. The minimum absolute atomic E-state index is 0.211. The molecule has 38 heavy (non-hydrogen) atoms. The third-order valence-electron chi connectivity index (χ3n) is 6.68. The zero-order valence-electron chi connectivity index (χ0n) is 22.1. The van der Waals surface area contributed by atoms with E-state index in [1.165, 1.54) is 18.5 Å². The van der Waals surface area contributed by atoms with Gasteiger partial charge in [0, 0.05) is 37.5 Å². The first-order chi connectivity index (χ1) is 18.7. The van der Waals surface area contributed by atoms with E-state index < -0.39 is 0 Å². The molecule has 2 aromatic carbocycles. The molecule has 1 saturated carbocycles. The Morgan fingerprint density at radius 3 is 2.63 bits per heavy atom. The molecule has 2 N–H and O–H groups in total. The fraction of sp³-hybridized carbons (Fsp3) is 0.355. The van der Waals surface area contributed by atoms with E-state index in [1.807, 2.05) is 74.0 Å². The number of ether oxygens (including phenoxy) is 2. The van der Waals surface area contributed by atoms with Crippen molar-refractivity contribution in [1.29, 1.82) is 5.26 Å². The van der Waals surface area contributed by atoms with Crippen LogP contribution in [0.25, 0.3) is 0 Å². The highest BCUT2D eigenvalue weighted by Crippen LogP contribution is 2.34. The molecule has 7 heteroatoms. The number of benzene rings is 2. The number of guanidine groups is 1. The number of aliphatic imine (C=N–C) groups is 1. The third kappa shape index (κ3) is 7.57. The van der Waals surface area contributed by atoms with Gasteiger partial charge >= 0.3 is 0 Å². The van der Waals surface area contributed by atoms with E-state index in [4.69, 9.17) is 14.5 Å². The Bertz CT molecular complexity index is 1310. The molecule has 3 aromatic rings. The molecule has 0 saturated heterocycles. The van der Waals surface area contributed by atoms with Crippen LogP contribution < -0.4 is 20.1 Å². The standard InChI is InChI=1S/C31H35N5O2/c1-36-20-8-11-27(36)18-19-33-31(35-23-32)34-22-26(15-14-24-9-4-3-5-10-24)25-16-17-29(37-2)30(21-25)38-28-12-6-7-13-28/h3-5,8-11,16-17,20-21,26,28H,6-7,12-13,18-19,22H2,1-2H3,(H2,33,34,35). The van der Waals surface area contributed by atoms with Crippen LogP contribution >= 0.6 is 0 Å². The summed E-state index contributed by atoms with van der Waals surface area (Å²) in [5.41, 5.74) is 3.13. The molecule has 1 aliphatic rings. The van der Waals surface area contributed by atoms with Gasteiger partial charge < -0.3 is 19.4 Å². The van der Waals surface area contributed by atoms with Gasteiger partial charge in [-0.1, -0.05) is 36.1 Å². The Labute approximate surface area is 225 Å². The molecule has 7 nitrogen and oxygen atoms in total. The van der Waals surface area contributed by atoms with Crippen LogP contribution in [-0.2, 0) is 13.5 Å². The minimum Gasteiger partial charge on any atom is -0.493 e. The molecule has 0 radical (unpaired) electrons.